The molecule has 2 aromatic rings. The lowest BCUT2D eigenvalue weighted by atomic mass is 9.78. The number of carbonyl (C=O) groups is 1. The van der Waals surface area contributed by atoms with Gasteiger partial charge in [0.05, 0.1) is 11.5 Å². The number of nitriles is 1. The average molecular weight is 530 g/mol. The van der Waals surface area contributed by atoms with Gasteiger partial charge in [0.15, 0.2) is 0 Å². The third-order valence-electron chi connectivity index (χ3n) is 8.59. The number of carbonyl (C=O) groups excluding carboxylic acids is 1. The molecule has 0 saturated heterocycles. The number of aryl methyl sites for hydroxylation is 1. The largest absolute Gasteiger partial charge is 0.425 e. The van der Waals surface area contributed by atoms with Crippen LogP contribution in [0.3, 0.4) is 0 Å². The molecule has 0 N–H and O–H groups in total. The minimum absolute atomic E-state index is 0.0851. The van der Waals surface area contributed by atoms with Gasteiger partial charge in [0.2, 0.25) is 0 Å². The highest BCUT2D eigenvalue weighted by molar-refractivity contribution is 5.76. The van der Waals surface area contributed by atoms with Gasteiger partial charge in [-0.15, -0.1) is 0 Å². The third kappa shape index (κ3) is 10.5. The molecular formula is C36H51NO2. The van der Waals surface area contributed by atoms with E-state index >= 15 is 0 Å². The number of unbranched alkanes of at least 4 members (excludes halogenated alkanes) is 7. The fourth-order valence-corrected chi connectivity index (χ4v) is 6.03. The summed E-state index contributed by atoms with van der Waals surface area (Å²) in [6, 6.07) is 17.2. The van der Waals surface area contributed by atoms with Gasteiger partial charge >= 0.3 is 5.97 Å². The number of hydrogen-bond donors (Lipinski definition) is 0. The summed E-state index contributed by atoms with van der Waals surface area (Å²) in [5, 5.41) is 9.68. The molecule has 1 unspecified atom stereocenters. The molecule has 1 aliphatic carbocycles. The molecule has 212 valence electrons. The van der Waals surface area contributed by atoms with E-state index in [4.69, 9.17) is 4.74 Å². The Balaban J connectivity index is 1.43. The van der Waals surface area contributed by atoms with Crippen molar-refractivity contribution in [3.8, 4) is 11.8 Å². The minimum Gasteiger partial charge on any atom is -0.425 e. The highest BCUT2D eigenvalue weighted by Crippen LogP contribution is 2.37. The zero-order chi connectivity index (χ0) is 27.9. The fraction of sp³-hybridized carbons (Fsp3) is 0.611. The molecule has 0 heterocycles. The first-order chi connectivity index (χ1) is 19.0. The maximum Gasteiger partial charge on any atom is 0.314 e. The minimum atomic E-state index is -0.181. The van der Waals surface area contributed by atoms with Gasteiger partial charge in [0.25, 0.3) is 0 Å². The summed E-state index contributed by atoms with van der Waals surface area (Å²) in [5.41, 5.74) is 4.46. The van der Waals surface area contributed by atoms with Crippen molar-refractivity contribution in [1.82, 2.24) is 0 Å². The first-order valence-electron chi connectivity index (χ1n) is 15.9. The van der Waals surface area contributed by atoms with Crippen molar-refractivity contribution in [2.45, 2.75) is 129 Å². The molecule has 2 aromatic carbocycles. The van der Waals surface area contributed by atoms with E-state index in [1.165, 1.54) is 81.8 Å². The molecular weight excluding hydrogens is 478 g/mol. The van der Waals surface area contributed by atoms with Crippen molar-refractivity contribution >= 4 is 5.97 Å². The lowest BCUT2D eigenvalue weighted by molar-refractivity contribution is -0.140. The van der Waals surface area contributed by atoms with E-state index in [9.17, 15) is 10.1 Å². The summed E-state index contributed by atoms with van der Waals surface area (Å²) in [5.74, 6) is 1.25. The number of rotatable bonds is 16. The van der Waals surface area contributed by atoms with Gasteiger partial charge in [-0.1, -0.05) is 109 Å². The normalized spacial score (nSPS) is 17.9. The zero-order valence-electron chi connectivity index (χ0n) is 24.9. The first kappa shape index (κ1) is 30.9. The smallest absolute Gasteiger partial charge is 0.314 e. The van der Waals surface area contributed by atoms with E-state index in [-0.39, 0.29) is 11.9 Å². The first-order valence-corrected chi connectivity index (χ1v) is 15.9. The molecule has 3 nitrogen and oxygen atoms in total. The molecule has 1 aliphatic rings. The fourth-order valence-electron chi connectivity index (χ4n) is 6.03. The Labute approximate surface area is 238 Å². The van der Waals surface area contributed by atoms with Crippen LogP contribution in [0.4, 0.5) is 0 Å². The molecule has 0 aliphatic heterocycles. The Morgan fingerprint density at radius 1 is 0.872 bits per heavy atom. The third-order valence-corrected chi connectivity index (χ3v) is 8.59. The molecule has 0 amide bonds. The summed E-state index contributed by atoms with van der Waals surface area (Å²) >= 11 is 0. The molecule has 1 fully saturated rings. The highest BCUT2D eigenvalue weighted by Gasteiger charge is 2.29. The van der Waals surface area contributed by atoms with E-state index in [1.54, 1.807) is 0 Å². The Bertz CT molecular complexity index is 1030. The molecule has 39 heavy (non-hydrogen) atoms. The number of ether oxygens (including phenoxy) is 1. The van der Waals surface area contributed by atoms with E-state index in [2.05, 4.69) is 51.1 Å². The molecule has 3 rings (SSSR count). The van der Waals surface area contributed by atoms with Crippen LogP contribution in [-0.2, 0) is 17.6 Å². The predicted octanol–water partition coefficient (Wildman–Crippen LogP) is 10.1. The van der Waals surface area contributed by atoms with Crippen molar-refractivity contribution in [2.75, 3.05) is 0 Å². The topological polar surface area (TPSA) is 50.1 Å². The van der Waals surface area contributed by atoms with Crippen LogP contribution in [0.2, 0.25) is 0 Å². The van der Waals surface area contributed by atoms with Gasteiger partial charge in [0, 0.05) is 0 Å². The van der Waals surface area contributed by atoms with Gasteiger partial charge in [-0.05, 0) is 85.6 Å². The van der Waals surface area contributed by atoms with Gasteiger partial charge in [0.1, 0.15) is 11.8 Å². The number of benzene rings is 2. The lowest BCUT2D eigenvalue weighted by Gasteiger charge is -2.27. The maximum atomic E-state index is 13.0. The molecule has 0 spiro atoms. The summed E-state index contributed by atoms with van der Waals surface area (Å²) in [7, 11) is 0. The summed E-state index contributed by atoms with van der Waals surface area (Å²) < 4.78 is 5.77. The Kier molecular flexibility index (Phi) is 13.6. The van der Waals surface area contributed by atoms with E-state index in [0.29, 0.717) is 23.1 Å². The quantitative estimate of drug-likeness (QED) is 0.123. The van der Waals surface area contributed by atoms with Crippen LogP contribution < -0.4 is 4.74 Å². The molecule has 0 radical (unpaired) electrons. The molecule has 1 atom stereocenters. The van der Waals surface area contributed by atoms with Crippen molar-refractivity contribution in [3.05, 3.63) is 64.7 Å². The van der Waals surface area contributed by atoms with Crippen molar-refractivity contribution in [3.63, 3.8) is 0 Å². The van der Waals surface area contributed by atoms with Crippen LogP contribution in [0.15, 0.2) is 42.5 Å². The standard InChI is InChI=1S/C36H51NO2/c1-4-6-8-9-10-11-12-14-29-15-18-31(19-16-29)32-20-22-33(23-21-32)36(38)39-35-24-17-30(26-34(35)27-37)25-28(3)13-7-5-2/h15-19,24,26,28,32-33H,4-14,20-23,25H2,1-3H3. The molecule has 0 bridgehead atoms. The SMILES string of the molecule is CCCCCCCCCc1ccc(C2CCC(C(=O)Oc3ccc(CC(C)CCCC)cc3C#N)CC2)cc1. The van der Waals surface area contributed by atoms with Gasteiger partial charge in [-0.25, -0.2) is 0 Å². The van der Waals surface area contributed by atoms with Crippen LogP contribution in [0.25, 0.3) is 0 Å². The lowest BCUT2D eigenvalue weighted by Crippen LogP contribution is -2.25. The van der Waals surface area contributed by atoms with Crippen LogP contribution >= 0.6 is 0 Å². The Morgan fingerprint density at radius 2 is 1.51 bits per heavy atom. The molecule has 0 aromatic heterocycles. The number of esters is 1. The Morgan fingerprint density at radius 3 is 2.18 bits per heavy atom. The van der Waals surface area contributed by atoms with E-state index < -0.39 is 0 Å². The second-order valence-electron chi connectivity index (χ2n) is 12.0. The van der Waals surface area contributed by atoms with Gasteiger partial charge < -0.3 is 4.74 Å². The van der Waals surface area contributed by atoms with Crippen molar-refractivity contribution < 1.29 is 9.53 Å². The maximum absolute atomic E-state index is 13.0. The van der Waals surface area contributed by atoms with Gasteiger partial charge in [-0.3, -0.25) is 4.79 Å². The summed E-state index contributed by atoms with van der Waals surface area (Å²) in [6.07, 6.45) is 18.9. The van der Waals surface area contributed by atoms with Crippen LogP contribution in [0.5, 0.6) is 5.75 Å². The second kappa shape index (κ2) is 17.2. The van der Waals surface area contributed by atoms with E-state index in [0.717, 1.165) is 37.7 Å². The Hall–Kier alpha value is -2.60. The van der Waals surface area contributed by atoms with Crippen LogP contribution in [0.1, 0.15) is 139 Å². The van der Waals surface area contributed by atoms with Crippen LogP contribution in [-0.4, -0.2) is 5.97 Å². The summed E-state index contributed by atoms with van der Waals surface area (Å²) in [6.45, 7) is 6.75. The number of hydrogen-bond acceptors (Lipinski definition) is 3. The van der Waals surface area contributed by atoms with Crippen molar-refractivity contribution in [1.29, 1.82) is 5.26 Å². The monoisotopic (exact) mass is 529 g/mol. The zero-order valence-corrected chi connectivity index (χ0v) is 24.9. The molecule has 1 saturated carbocycles. The second-order valence-corrected chi connectivity index (χ2v) is 12.0. The predicted molar refractivity (Wildman–Crippen MR) is 162 cm³/mol. The average Bonchev–Trinajstić information content (AvgIpc) is 2.96. The van der Waals surface area contributed by atoms with Gasteiger partial charge in [-0.2, -0.15) is 5.26 Å². The van der Waals surface area contributed by atoms with Crippen LogP contribution in [0, 0.1) is 23.2 Å². The van der Waals surface area contributed by atoms with Crippen molar-refractivity contribution in [2.24, 2.45) is 11.8 Å². The van der Waals surface area contributed by atoms with E-state index in [1.807, 2.05) is 18.2 Å². The number of nitrogens with zero attached hydrogens (tertiary/aromatic N) is 1. The molecule has 3 heteroatoms. The highest BCUT2D eigenvalue weighted by atomic mass is 16.5. The summed E-state index contributed by atoms with van der Waals surface area (Å²) in [4.78, 5) is 13.0.